The zero-order valence-electron chi connectivity index (χ0n) is 16.3. The van der Waals surface area contributed by atoms with Crippen LogP contribution in [0.3, 0.4) is 0 Å². The molecule has 0 bridgehead atoms. The summed E-state index contributed by atoms with van der Waals surface area (Å²) in [5.41, 5.74) is 1.83. The van der Waals surface area contributed by atoms with Crippen LogP contribution in [0.2, 0.25) is 10.0 Å². The summed E-state index contributed by atoms with van der Waals surface area (Å²) in [6.07, 6.45) is 1.65. The molecule has 2 aromatic heterocycles. The molecule has 3 aromatic carbocycles. The highest BCUT2D eigenvalue weighted by molar-refractivity contribution is 7.11. The van der Waals surface area contributed by atoms with Gasteiger partial charge >= 0.3 is 5.63 Å². The number of benzene rings is 3. The molecule has 4 nitrogen and oxygen atoms in total. The van der Waals surface area contributed by atoms with Crippen LogP contribution in [-0.2, 0) is 0 Å². The summed E-state index contributed by atoms with van der Waals surface area (Å²) in [7, 11) is 0. The molecule has 5 rings (SSSR count). The normalized spacial score (nSPS) is 11.7. The average molecular weight is 475 g/mol. The first-order valence-corrected chi connectivity index (χ1v) is 11.2. The summed E-state index contributed by atoms with van der Waals surface area (Å²) in [4.78, 5) is 17.2. The number of thiazole rings is 1. The number of hydrogen-bond acceptors (Lipinski definition) is 5. The second-order valence-corrected chi connectivity index (χ2v) is 8.72. The predicted octanol–water partition coefficient (Wildman–Crippen LogP) is 7.44. The van der Waals surface area contributed by atoms with Crippen LogP contribution in [-0.4, -0.2) is 4.98 Å². The summed E-state index contributed by atoms with van der Waals surface area (Å²) >= 11 is 13.5. The van der Waals surface area contributed by atoms with E-state index in [0.29, 0.717) is 43.0 Å². The van der Waals surface area contributed by atoms with E-state index < -0.39 is 5.63 Å². The molecule has 0 spiro atoms. The van der Waals surface area contributed by atoms with Gasteiger partial charge in [0.15, 0.2) is 0 Å². The quantitative estimate of drug-likeness (QED) is 0.155. The van der Waals surface area contributed by atoms with Gasteiger partial charge in [0.25, 0.3) is 0 Å². The number of nitriles is 1. The Morgan fingerprint density at radius 3 is 2.72 bits per heavy atom. The van der Waals surface area contributed by atoms with Gasteiger partial charge < -0.3 is 4.42 Å². The summed E-state index contributed by atoms with van der Waals surface area (Å²) < 4.78 is 5.57. The lowest BCUT2D eigenvalue weighted by Gasteiger charge is -2.04. The van der Waals surface area contributed by atoms with Crippen molar-refractivity contribution in [3.05, 3.63) is 97.1 Å². The van der Waals surface area contributed by atoms with Gasteiger partial charge in [-0.05, 0) is 46.7 Å². The van der Waals surface area contributed by atoms with Gasteiger partial charge in [-0.25, -0.2) is 9.78 Å². The highest BCUT2D eigenvalue weighted by Crippen LogP contribution is 2.31. The van der Waals surface area contributed by atoms with E-state index in [0.717, 1.165) is 16.2 Å². The zero-order valence-corrected chi connectivity index (χ0v) is 18.6. The first kappa shape index (κ1) is 20.5. The van der Waals surface area contributed by atoms with Crippen molar-refractivity contribution in [3.8, 4) is 17.3 Å². The van der Waals surface area contributed by atoms with Crippen molar-refractivity contribution in [1.82, 2.24) is 4.98 Å². The lowest BCUT2D eigenvalue weighted by molar-refractivity contribution is 0.563. The van der Waals surface area contributed by atoms with Gasteiger partial charge in [0.2, 0.25) is 0 Å². The number of hydrogen-bond donors (Lipinski definition) is 0. The van der Waals surface area contributed by atoms with Crippen LogP contribution in [0.25, 0.3) is 44.6 Å². The Hall–Kier alpha value is -3.43. The molecule has 5 aromatic rings. The lowest BCUT2D eigenvalue weighted by Crippen LogP contribution is -2.03. The standard InChI is InChI=1S/C25H12Cl2N2O2S/c26-17-7-5-15(21(27)10-17)9-16(12-28)24-29-22(13-32-24)20-11-19-18-4-2-1-3-14(18)6-8-23(19)31-25(20)30/h1-11,13H/b16-9+. The van der Waals surface area contributed by atoms with Crippen molar-refractivity contribution in [1.29, 1.82) is 5.26 Å². The molecule has 32 heavy (non-hydrogen) atoms. The number of aromatic nitrogens is 1. The predicted molar refractivity (Wildman–Crippen MR) is 131 cm³/mol. The number of rotatable bonds is 3. The molecule has 0 fully saturated rings. The number of halogens is 2. The van der Waals surface area contributed by atoms with E-state index >= 15 is 0 Å². The Morgan fingerprint density at radius 1 is 1.06 bits per heavy atom. The van der Waals surface area contributed by atoms with Crippen molar-refractivity contribution < 1.29 is 4.42 Å². The smallest absolute Gasteiger partial charge is 0.345 e. The Bertz CT molecular complexity index is 1640. The summed E-state index contributed by atoms with van der Waals surface area (Å²) in [6.45, 7) is 0. The highest BCUT2D eigenvalue weighted by Gasteiger charge is 2.15. The molecule has 0 saturated heterocycles. The van der Waals surface area contributed by atoms with E-state index in [-0.39, 0.29) is 0 Å². The van der Waals surface area contributed by atoms with Crippen LogP contribution in [0, 0.1) is 11.3 Å². The molecule has 0 aliphatic heterocycles. The first-order chi connectivity index (χ1) is 15.5. The van der Waals surface area contributed by atoms with Crippen LogP contribution in [0.5, 0.6) is 0 Å². The molecule has 7 heteroatoms. The van der Waals surface area contributed by atoms with Crippen molar-refractivity contribution in [2.75, 3.05) is 0 Å². The molecule has 154 valence electrons. The maximum absolute atomic E-state index is 12.7. The van der Waals surface area contributed by atoms with Crippen LogP contribution >= 0.6 is 34.5 Å². The van der Waals surface area contributed by atoms with Crippen molar-refractivity contribution >= 4 is 67.9 Å². The summed E-state index contributed by atoms with van der Waals surface area (Å²) in [5.74, 6) is 0. The van der Waals surface area contributed by atoms with E-state index in [9.17, 15) is 10.1 Å². The molecule has 0 radical (unpaired) electrons. The minimum absolute atomic E-state index is 0.334. The van der Waals surface area contributed by atoms with E-state index in [1.165, 1.54) is 11.3 Å². The lowest BCUT2D eigenvalue weighted by atomic mass is 10.0. The molecular weight excluding hydrogens is 463 g/mol. The van der Waals surface area contributed by atoms with E-state index in [1.54, 1.807) is 41.8 Å². The Balaban J connectivity index is 1.61. The second-order valence-electron chi connectivity index (χ2n) is 7.02. The zero-order chi connectivity index (χ0) is 22.2. The fraction of sp³-hybridized carbons (Fsp3) is 0. The van der Waals surface area contributed by atoms with Crippen LogP contribution in [0.15, 0.2) is 75.3 Å². The second kappa shape index (κ2) is 8.25. The van der Waals surface area contributed by atoms with Crippen molar-refractivity contribution in [3.63, 3.8) is 0 Å². The number of fused-ring (bicyclic) bond motifs is 3. The Labute approximate surface area is 196 Å². The Kier molecular flexibility index (Phi) is 5.28. The fourth-order valence-electron chi connectivity index (χ4n) is 3.49. The van der Waals surface area contributed by atoms with E-state index in [4.69, 9.17) is 27.6 Å². The average Bonchev–Trinajstić information content (AvgIpc) is 3.28. The van der Waals surface area contributed by atoms with E-state index in [2.05, 4.69) is 11.1 Å². The third-order valence-electron chi connectivity index (χ3n) is 5.04. The van der Waals surface area contributed by atoms with Crippen LogP contribution < -0.4 is 5.63 Å². The topological polar surface area (TPSA) is 66.9 Å². The van der Waals surface area contributed by atoms with Crippen LogP contribution in [0.1, 0.15) is 10.6 Å². The van der Waals surface area contributed by atoms with Gasteiger partial charge in [-0.15, -0.1) is 11.3 Å². The SMILES string of the molecule is N#C/C(=C\c1ccc(Cl)cc1Cl)c1nc(-c2cc3c(ccc4ccccc43)oc2=O)cs1. The summed E-state index contributed by atoms with van der Waals surface area (Å²) in [5, 5.41) is 15.7. The number of nitrogens with zero attached hydrogens (tertiary/aromatic N) is 2. The van der Waals surface area contributed by atoms with Crippen LogP contribution in [0.4, 0.5) is 0 Å². The third kappa shape index (κ3) is 3.69. The summed E-state index contributed by atoms with van der Waals surface area (Å²) in [6, 6.07) is 20.6. The molecule has 0 unspecified atom stereocenters. The maximum atomic E-state index is 12.7. The molecule has 0 amide bonds. The molecule has 2 heterocycles. The van der Waals surface area contributed by atoms with Gasteiger partial charge in [0.05, 0.1) is 16.8 Å². The molecule has 0 N–H and O–H groups in total. The Morgan fingerprint density at radius 2 is 1.91 bits per heavy atom. The van der Waals surface area contributed by atoms with Crippen molar-refractivity contribution in [2.45, 2.75) is 0 Å². The molecule has 0 aliphatic rings. The van der Waals surface area contributed by atoms with Gasteiger partial charge in [-0.3, -0.25) is 0 Å². The van der Waals surface area contributed by atoms with Gasteiger partial charge in [0, 0.05) is 20.8 Å². The fourth-order valence-corrected chi connectivity index (χ4v) is 4.74. The van der Waals surface area contributed by atoms with Crippen molar-refractivity contribution in [2.24, 2.45) is 0 Å². The monoisotopic (exact) mass is 474 g/mol. The van der Waals surface area contributed by atoms with E-state index in [1.807, 2.05) is 30.3 Å². The van der Waals surface area contributed by atoms with Gasteiger partial charge in [-0.1, -0.05) is 59.6 Å². The minimum Gasteiger partial charge on any atom is -0.422 e. The largest absolute Gasteiger partial charge is 0.422 e. The molecule has 0 atom stereocenters. The third-order valence-corrected chi connectivity index (χ3v) is 6.47. The first-order valence-electron chi connectivity index (χ1n) is 9.52. The minimum atomic E-state index is -0.479. The maximum Gasteiger partial charge on any atom is 0.345 e. The van der Waals surface area contributed by atoms with Gasteiger partial charge in [0.1, 0.15) is 16.7 Å². The number of allylic oxidation sites excluding steroid dienone is 1. The molecule has 0 saturated carbocycles. The highest BCUT2D eigenvalue weighted by atomic mass is 35.5. The molecular formula is C25H12Cl2N2O2S. The molecule has 0 aliphatic carbocycles. The van der Waals surface area contributed by atoms with Gasteiger partial charge in [-0.2, -0.15) is 5.26 Å².